The van der Waals surface area contributed by atoms with Crippen molar-refractivity contribution in [1.29, 1.82) is 0 Å². The number of ether oxygens (including phenoxy) is 1. The Kier molecular flexibility index (Phi) is 8.37. The summed E-state index contributed by atoms with van der Waals surface area (Å²) in [7, 11) is -3.92. The van der Waals surface area contributed by atoms with Gasteiger partial charge >= 0.3 is 10.8 Å². The van der Waals surface area contributed by atoms with Crippen LogP contribution in [0.2, 0.25) is 0 Å². The minimum Gasteiger partial charge on any atom is -0.462 e. The number of sulfonamides is 1. The summed E-state index contributed by atoms with van der Waals surface area (Å²) < 4.78 is 29.4. The Hall–Kier alpha value is -4.64. The first kappa shape index (κ1) is 31.3. The highest BCUT2D eigenvalue weighted by Gasteiger charge is 2.57. The number of pyridine rings is 1. The minimum atomic E-state index is -3.92. The first-order valence-electron chi connectivity index (χ1n) is 13.9. The van der Waals surface area contributed by atoms with Crippen molar-refractivity contribution in [3.8, 4) is 0 Å². The third-order valence-electron chi connectivity index (χ3n) is 7.50. The smallest absolute Gasteiger partial charge is 0.338 e. The fourth-order valence-electron chi connectivity index (χ4n) is 5.46. The number of amides is 3. The number of fused-ring (bicyclic) bond motifs is 2. The molecule has 2 aliphatic heterocycles. The number of nitrogens with two attached hydrogens (primary N) is 1. The average molecular weight is 680 g/mol. The van der Waals surface area contributed by atoms with Crippen molar-refractivity contribution in [3.63, 3.8) is 0 Å². The number of primary sulfonamides is 1. The third kappa shape index (κ3) is 5.75. The van der Waals surface area contributed by atoms with Gasteiger partial charge in [0.15, 0.2) is 0 Å². The summed E-state index contributed by atoms with van der Waals surface area (Å²) in [6, 6.07) is 14.7. The summed E-state index contributed by atoms with van der Waals surface area (Å²) in [6.45, 7) is 1.49. The van der Waals surface area contributed by atoms with Crippen molar-refractivity contribution < 1.29 is 32.3 Å². The number of thioether (sulfide) groups is 1. The molecule has 46 heavy (non-hydrogen) atoms. The summed E-state index contributed by atoms with van der Waals surface area (Å²) in [6.07, 6.45) is 3.16. The molecule has 0 radical (unpaired) electrons. The number of hydrogen-bond acceptors (Lipinski definition) is 11. The number of carbonyl (C=O) groups is 4. The quantitative estimate of drug-likeness (QED) is 0.207. The molecular weight excluding hydrogens is 655 g/mol. The number of imide groups is 1. The van der Waals surface area contributed by atoms with E-state index in [1.165, 1.54) is 53.1 Å². The summed E-state index contributed by atoms with van der Waals surface area (Å²) in [5.74, 6) is -3.60. The highest BCUT2D eigenvalue weighted by Crippen LogP contribution is 2.53. The van der Waals surface area contributed by atoms with Crippen molar-refractivity contribution in [2.45, 2.75) is 34.6 Å². The van der Waals surface area contributed by atoms with E-state index in [-0.39, 0.29) is 28.4 Å². The zero-order chi connectivity index (χ0) is 32.7. The summed E-state index contributed by atoms with van der Waals surface area (Å²) >= 11 is 1.95. The number of thiazole rings is 1. The molecule has 2 unspecified atom stereocenters. The van der Waals surface area contributed by atoms with E-state index < -0.39 is 62.2 Å². The number of hydrogen-bond donors (Lipinski definition) is 2. The van der Waals surface area contributed by atoms with Crippen LogP contribution in [0, 0.1) is 5.92 Å². The van der Waals surface area contributed by atoms with Crippen molar-refractivity contribution >= 4 is 68.2 Å². The van der Waals surface area contributed by atoms with Crippen LogP contribution in [0.25, 0.3) is 0 Å². The normalized spacial score (nSPS) is 19.0. The molecule has 1 saturated heterocycles. The molecule has 2 aromatic heterocycles. The molecule has 3 N–H and O–H groups in total. The summed E-state index contributed by atoms with van der Waals surface area (Å²) in [4.78, 5) is 71.7. The molecule has 2 aromatic carbocycles. The monoisotopic (exact) mass is 679 g/mol. The van der Waals surface area contributed by atoms with E-state index in [0.717, 1.165) is 28.0 Å². The maximum atomic E-state index is 14.0. The molecule has 0 bridgehead atoms. The van der Waals surface area contributed by atoms with Gasteiger partial charge in [0, 0.05) is 28.9 Å². The van der Waals surface area contributed by atoms with Crippen LogP contribution < -0.4 is 20.2 Å². The molecule has 4 aromatic rings. The summed E-state index contributed by atoms with van der Waals surface area (Å²) in [5.41, 5.74) is 1.48. The average Bonchev–Trinajstić information content (AvgIpc) is 3.47. The molecule has 3 atom stereocenters. The molecule has 2 aliphatic rings. The fraction of sp³-hybridized carbons (Fsp3) is 0.200. The van der Waals surface area contributed by atoms with E-state index in [0.29, 0.717) is 15.5 Å². The van der Waals surface area contributed by atoms with Crippen LogP contribution in [0.15, 0.2) is 87.8 Å². The number of benzene rings is 2. The standard InChI is InChI=1S/C30H25N5O8S3/c1-2-43-29(39)16-5-9-19(10-6-16)35-26(37)23-22(17-4-3-13-32-14-17)25-28(44-24(23)27(35)38)34(30(40)45-25)15-21(36)33-18-7-11-20(12-8-18)46(31,41)42/h3-14,22-24H,2,15H2,1H3,(H,33,36)(H2,31,41,42)/t22-,23?,24?/m1/s1. The fourth-order valence-corrected chi connectivity index (χ4v) is 8.75. The van der Waals surface area contributed by atoms with Gasteiger partial charge in [0.25, 0.3) is 0 Å². The molecule has 0 saturated carbocycles. The lowest BCUT2D eigenvalue weighted by Gasteiger charge is -2.30. The van der Waals surface area contributed by atoms with E-state index in [4.69, 9.17) is 9.88 Å². The predicted octanol–water partition coefficient (Wildman–Crippen LogP) is 2.56. The van der Waals surface area contributed by atoms with Gasteiger partial charge in [0.05, 0.1) is 33.7 Å². The molecule has 0 spiro atoms. The van der Waals surface area contributed by atoms with Gasteiger partial charge in [-0.05, 0) is 67.1 Å². The third-order valence-corrected chi connectivity index (χ3v) is 11.0. The second kappa shape index (κ2) is 12.3. The van der Waals surface area contributed by atoms with Gasteiger partial charge in [-0.25, -0.2) is 23.3 Å². The van der Waals surface area contributed by atoms with Gasteiger partial charge in [-0.15, -0.1) is 0 Å². The predicted molar refractivity (Wildman–Crippen MR) is 169 cm³/mol. The van der Waals surface area contributed by atoms with Crippen molar-refractivity contribution in [1.82, 2.24) is 9.55 Å². The first-order chi connectivity index (χ1) is 22.0. The first-order valence-corrected chi connectivity index (χ1v) is 17.1. The molecule has 13 nitrogen and oxygen atoms in total. The number of aromatic nitrogens is 2. The molecular formula is C30H25N5O8S3. The maximum Gasteiger partial charge on any atom is 0.338 e. The zero-order valence-electron chi connectivity index (χ0n) is 24.0. The van der Waals surface area contributed by atoms with Gasteiger partial charge in [-0.2, -0.15) is 0 Å². The Morgan fingerprint density at radius 2 is 1.74 bits per heavy atom. The Balaban J connectivity index is 1.32. The Labute approximate surface area is 270 Å². The van der Waals surface area contributed by atoms with Crippen molar-refractivity contribution in [2.24, 2.45) is 11.1 Å². The Morgan fingerprint density at radius 3 is 2.37 bits per heavy atom. The Morgan fingerprint density at radius 1 is 1.02 bits per heavy atom. The largest absolute Gasteiger partial charge is 0.462 e. The lowest BCUT2D eigenvalue weighted by Crippen LogP contribution is -2.33. The second-order valence-electron chi connectivity index (χ2n) is 10.3. The van der Waals surface area contributed by atoms with Gasteiger partial charge in [-0.3, -0.25) is 28.7 Å². The van der Waals surface area contributed by atoms with Gasteiger partial charge in [0.2, 0.25) is 27.7 Å². The number of nitrogens with one attached hydrogen (secondary N) is 1. The Bertz CT molecular complexity index is 2030. The second-order valence-corrected chi connectivity index (χ2v) is 14.0. The van der Waals surface area contributed by atoms with Crippen LogP contribution in [0.1, 0.15) is 33.6 Å². The van der Waals surface area contributed by atoms with E-state index in [9.17, 15) is 32.4 Å². The topological polar surface area (TPSA) is 188 Å². The van der Waals surface area contributed by atoms with Crippen LogP contribution in [0.3, 0.4) is 0 Å². The van der Waals surface area contributed by atoms with Crippen molar-refractivity contribution in [2.75, 3.05) is 16.8 Å². The highest BCUT2D eigenvalue weighted by molar-refractivity contribution is 8.00. The SMILES string of the molecule is CCOC(=O)c1ccc(N2C(=O)C3Sc4c(sc(=O)n4CC(=O)Nc4ccc(S(N)(=O)=O)cc4)[C@H](c4cccnc4)C3C2=O)cc1. The van der Waals surface area contributed by atoms with Gasteiger partial charge in [0.1, 0.15) is 11.8 Å². The zero-order valence-corrected chi connectivity index (χ0v) is 26.4. The lowest BCUT2D eigenvalue weighted by atomic mass is 9.84. The number of anilines is 2. The van der Waals surface area contributed by atoms with E-state index in [1.807, 2.05) is 0 Å². The van der Waals surface area contributed by atoms with Crippen LogP contribution in [-0.4, -0.2) is 53.5 Å². The van der Waals surface area contributed by atoms with Crippen LogP contribution in [-0.2, 0) is 35.7 Å². The van der Waals surface area contributed by atoms with Crippen molar-refractivity contribution in [3.05, 3.63) is 98.7 Å². The molecule has 16 heteroatoms. The van der Waals surface area contributed by atoms with E-state index in [2.05, 4.69) is 10.3 Å². The van der Waals surface area contributed by atoms with Gasteiger partial charge < -0.3 is 10.1 Å². The van der Waals surface area contributed by atoms with Crippen LogP contribution in [0.5, 0.6) is 0 Å². The maximum absolute atomic E-state index is 14.0. The molecule has 0 aliphatic carbocycles. The van der Waals surface area contributed by atoms with Crippen LogP contribution in [0.4, 0.5) is 11.4 Å². The number of carbonyl (C=O) groups excluding carboxylic acids is 4. The number of rotatable bonds is 8. The molecule has 236 valence electrons. The minimum absolute atomic E-state index is 0.124. The molecule has 6 rings (SSSR count). The van der Waals surface area contributed by atoms with Crippen LogP contribution >= 0.6 is 23.1 Å². The molecule has 4 heterocycles. The van der Waals surface area contributed by atoms with E-state index >= 15 is 0 Å². The van der Waals surface area contributed by atoms with E-state index in [1.54, 1.807) is 31.5 Å². The molecule has 3 amide bonds. The molecule has 1 fully saturated rings. The van der Waals surface area contributed by atoms with Gasteiger partial charge in [-0.1, -0.05) is 29.2 Å². The summed E-state index contributed by atoms with van der Waals surface area (Å²) in [5, 5.41) is 7.25. The number of esters is 1. The lowest BCUT2D eigenvalue weighted by molar-refractivity contribution is -0.122. The highest BCUT2D eigenvalue weighted by atomic mass is 32.2. The number of nitrogens with zero attached hydrogens (tertiary/aromatic N) is 3.